The molecule has 0 saturated heterocycles. The van der Waals surface area contributed by atoms with Crippen LogP contribution in [0.5, 0.6) is 0 Å². The van der Waals surface area contributed by atoms with Gasteiger partial charge in [-0.2, -0.15) is 0 Å². The van der Waals surface area contributed by atoms with Crippen LogP contribution in [0.4, 0.5) is 5.69 Å². The molecule has 0 heterocycles. The standard InChI is InChI=1S/C26H29N3O4S/c1-17-14-19(3)24(20(4)15-17)34(32,33)29-23-16-22(11-10-18(23)2)26(31)28-13-12-27-25(30)21-8-6-5-7-9-21/h5-11,14-16,29H,12-13H2,1-4H3,(H,27,30)(H,28,31). The zero-order valence-corrected chi connectivity index (χ0v) is 20.5. The van der Waals surface area contributed by atoms with Crippen LogP contribution in [0, 0.1) is 27.7 Å². The van der Waals surface area contributed by atoms with E-state index in [2.05, 4.69) is 15.4 Å². The number of sulfonamides is 1. The molecule has 0 radical (unpaired) electrons. The van der Waals surface area contributed by atoms with Gasteiger partial charge in [-0.25, -0.2) is 8.42 Å². The Balaban J connectivity index is 1.66. The SMILES string of the molecule is Cc1cc(C)c(S(=O)(=O)Nc2cc(C(=O)NCCNC(=O)c3ccccc3)ccc2C)c(C)c1. The van der Waals surface area contributed by atoms with Gasteiger partial charge in [-0.15, -0.1) is 0 Å². The summed E-state index contributed by atoms with van der Waals surface area (Å²) in [7, 11) is -3.84. The average Bonchev–Trinajstić information content (AvgIpc) is 2.77. The lowest BCUT2D eigenvalue weighted by molar-refractivity contribution is 0.0927. The largest absolute Gasteiger partial charge is 0.350 e. The lowest BCUT2D eigenvalue weighted by Gasteiger charge is -2.16. The Morgan fingerprint density at radius 2 is 1.26 bits per heavy atom. The third kappa shape index (κ3) is 6.02. The van der Waals surface area contributed by atoms with Crippen LogP contribution >= 0.6 is 0 Å². The van der Waals surface area contributed by atoms with Gasteiger partial charge in [-0.05, 0) is 68.7 Å². The molecule has 0 aliphatic rings. The minimum absolute atomic E-state index is 0.219. The molecular formula is C26H29N3O4S. The lowest BCUT2D eigenvalue weighted by Crippen LogP contribution is -2.34. The molecule has 3 aromatic rings. The third-order valence-corrected chi connectivity index (χ3v) is 7.02. The fraction of sp³-hybridized carbons (Fsp3) is 0.231. The number of anilines is 1. The Morgan fingerprint density at radius 1 is 0.706 bits per heavy atom. The number of carbonyl (C=O) groups excluding carboxylic acids is 2. The maximum atomic E-state index is 13.1. The van der Waals surface area contributed by atoms with Crippen molar-refractivity contribution in [1.29, 1.82) is 0 Å². The minimum atomic E-state index is -3.84. The molecule has 0 aliphatic carbocycles. The molecule has 0 spiro atoms. The van der Waals surface area contributed by atoms with Gasteiger partial charge in [0, 0.05) is 24.2 Å². The predicted octanol–water partition coefficient (Wildman–Crippen LogP) is 3.88. The van der Waals surface area contributed by atoms with Crippen molar-refractivity contribution < 1.29 is 18.0 Å². The molecule has 0 unspecified atom stereocenters. The fourth-order valence-corrected chi connectivity index (χ4v) is 5.38. The van der Waals surface area contributed by atoms with Crippen LogP contribution in [0.25, 0.3) is 0 Å². The smallest absolute Gasteiger partial charge is 0.262 e. The highest BCUT2D eigenvalue weighted by Gasteiger charge is 2.21. The van der Waals surface area contributed by atoms with Gasteiger partial charge in [0.25, 0.3) is 21.8 Å². The van der Waals surface area contributed by atoms with Crippen molar-refractivity contribution in [3.8, 4) is 0 Å². The fourth-order valence-electron chi connectivity index (χ4n) is 3.81. The molecule has 2 amide bonds. The van der Waals surface area contributed by atoms with Crippen molar-refractivity contribution in [2.75, 3.05) is 17.8 Å². The van der Waals surface area contributed by atoms with Crippen molar-refractivity contribution in [2.24, 2.45) is 0 Å². The highest BCUT2D eigenvalue weighted by atomic mass is 32.2. The van der Waals surface area contributed by atoms with Crippen molar-refractivity contribution in [1.82, 2.24) is 10.6 Å². The summed E-state index contributed by atoms with van der Waals surface area (Å²) in [4.78, 5) is 24.9. The zero-order chi connectivity index (χ0) is 24.9. The number of carbonyl (C=O) groups is 2. The van der Waals surface area contributed by atoms with Gasteiger partial charge >= 0.3 is 0 Å². The second-order valence-electron chi connectivity index (χ2n) is 8.24. The van der Waals surface area contributed by atoms with Gasteiger partial charge < -0.3 is 10.6 Å². The maximum absolute atomic E-state index is 13.1. The maximum Gasteiger partial charge on any atom is 0.262 e. The first-order valence-corrected chi connectivity index (χ1v) is 12.4. The quantitative estimate of drug-likeness (QED) is 0.427. The Bertz CT molecular complexity index is 1300. The van der Waals surface area contributed by atoms with Gasteiger partial charge in [0.1, 0.15) is 0 Å². The van der Waals surface area contributed by atoms with Gasteiger partial charge in [0.15, 0.2) is 0 Å². The highest BCUT2D eigenvalue weighted by Crippen LogP contribution is 2.26. The number of hydrogen-bond acceptors (Lipinski definition) is 4. The van der Waals surface area contributed by atoms with E-state index in [1.54, 1.807) is 57.2 Å². The molecule has 0 atom stereocenters. The molecule has 7 nitrogen and oxygen atoms in total. The van der Waals surface area contributed by atoms with Crippen LogP contribution in [-0.4, -0.2) is 33.3 Å². The normalized spacial score (nSPS) is 11.1. The Hall–Kier alpha value is -3.65. The summed E-state index contributed by atoms with van der Waals surface area (Å²) in [5, 5.41) is 5.49. The molecule has 34 heavy (non-hydrogen) atoms. The Labute approximate surface area is 200 Å². The number of amides is 2. The summed E-state index contributed by atoms with van der Waals surface area (Å²) in [5.74, 6) is -0.583. The first kappa shape index (κ1) is 25.0. The summed E-state index contributed by atoms with van der Waals surface area (Å²) in [5.41, 5.74) is 4.20. The van der Waals surface area contributed by atoms with E-state index in [1.807, 2.05) is 25.1 Å². The van der Waals surface area contributed by atoms with E-state index in [0.717, 1.165) is 5.56 Å². The molecule has 3 rings (SSSR count). The second kappa shape index (κ2) is 10.5. The van der Waals surface area contributed by atoms with E-state index < -0.39 is 10.0 Å². The molecule has 8 heteroatoms. The predicted molar refractivity (Wildman–Crippen MR) is 134 cm³/mol. The summed E-state index contributed by atoms with van der Waals surface area (Å²) in [6.07, 6.45) is 0. The number of benzene rings is 3. The molecule has 0 aromatic heterocycles. The van der Waals surface area contributed by atoms with Crippen molar-refractivity contribution in [3.05, 3.63) is 94.0 Å². The molecule has 0 aliphatic heterocycles. The van der Waals surface area contributed by atoms with Gasteiger partial charge in [-0.3, -0.25) is 14.3 Å². The molecule has 0 saturated carbocycles. The van der Waals surface area contributed by atoms with E-state index in [-0.39, 0.29) is 29.8 Å². The van der Waals surface area contributed by atoms with Crippen LogP contribution in [0.1, 0.15) is 43.0 Å². The van der Waals surface area contributed by atoms with Gasteiger partial charge in [0.05, 0.1) is 10.6 Å². The van der Waals surface area contributed by atoms with E-state index >= 15 is 0 Å². The van der Waals surface area contributed by atoms with Crippen LogP contribution in [-0.2, 0) is 10.0 Å². The number of nitrogens with one attached hydrogen (secondary N) is 3. The van der Waals surface area contributed by atoms with E-state index in [1.165, 1.54) is 6.07 Å². The molecule has 0 bridgehead atoms. The summed E-state index contributed by atoms with van der Waals surface area (Å²) >= 11 is 0. The second-order valence-corrected chi connectivity index (χ2v) is 9.86. The summed E-state index contributed by atoms with van der Waals surface area (Å²) in [6, 6.07) is 17.3. The summed E-state index contributed by atoms with van der Waals surface area (Å²) < 4.78 is 28.9. The third-order valence-electron chi connectivity index (χ3n) is 5.35. The average molecular weight is 480 g/mol. The number of aryl methyl sites for hydroxylation is 4. The molecule has 3 aromatic carbocycles. The van der Waals surface area contributed by atoms with Crippen LogP contribution in [0.15, 0.2) is 65.6 Å². The van der Waals surface area contributed by atoms with E-state index in [4.69, 9.17) is 0 Å². The topological polar surface area (TPSA) is 104 Å². The van der Waals surface area contributed by atoms with Crippen LogP contribution < -0.4 is 15.4 Å². The summed E-state index contributed by atoms with van der Waals surface area (Å²) in [6.45, 7) is 7.71. The Kier molecular flexibility index (Phi) is 7.73. The first-order chi connectivity index (χ1) is 16.1. The highest BCUT2D eigenvalue weighted by molar-refractivity contribution is 7.92. The molecular weight excluding hydrogens is 450 g/mol. The molecule has 0 fully saturated rings. The van der Waals surface area contributed by atoms with Crippen molar-refractivity contribution in [2.45, 2.75) is 32.6 Å². The monoisotopic (exact) mass is 479 g/mol. The van der Waals surface area contributed by atoms with E-state index in [9.17, 15) is 18.0 Å². The molecule has 3 N–H and O–H groups in total. The van der Waals surface area contributed by atoms with Crippen molar-refractivity contribution in [3.63, 3.8) is 0 Å². The van der Waals surface area contributed by atoms with Crippen LogP contribution in [0.3, 0.4) is 0 Å². The van der Waals surface area contributed by atoms with Crippen LogP contribution in [0.2, 0.25) is 0 Å². The lowest BCUT2D eigenvalue weighted by atomic mass is 10.1. The minimum Gasteiger partial charge on any atom is -0.350 e. The first-order valence-electron chi connectivity index (χ1n) is 10.9. The van der Waals surface area contributed by atoms with E-state index in [0.29, 0.717) is 33.5 Å². The van der Waals surface area contributed by atoms with Gasteiger partial charge in [-0.1, -0.05) is 42.0 Å². The van der Waals surface area contributed by atoms with Gasteiger partial charge in [0.2, 0.25) is 0 Å². The number of rotatable bonds is 8. The number of hydrogen-bond donors (Lipinski definition) is 3. The van der Waals surface area contributed by atoms with Crippen molar-refractivity contribution >= 4 is 27.5 Å². The molecule has 178 valence electrons. The Morgan fingerprint density at radius 3 is 1.85 bits per heavy atom. The zero-order valence-electron chi connectivity index (χ0n) is 19.7.